The molecule has 0 aliphatic rings. The number of carboxylic acid groups (broad SMARTS) is 1. The number of thioether (sulfide) groups is 1. The Bertz CT molecular complexity index is 1170. The van der Waals surface area contributed by atoms with Gasteiger partial charge in [0.2, 0.25) is 5.89 Å². The molecule has 1 aromatic heterocycles. The smallest absolute Gasteiger partial charge is 0.342 e. The third kappa shape index (κ3) is 6.19. The third-order valence-electron chi connectivity index (χ3n) is 4.10. The average Bonchev–Trinajstić information content (AvgIpc) is 3.21. The zero-order valence-corrected chi connectivity index (χ0v) is 20.8. The number of rotatable bonds is 9. The maximum atomic E-state index is 11.7. The normalized spacial score (nSPS) is 11.5. The number of methoxy groups -OCH3 is 1. The Kier molecular flexibility index (Phi) is 8.47. The number of hydrogen-bond donors (Lipinski definition) is 1. The van der Waals surface area contributed by atoms with Crippen LogP contribution in [0, 0.1) is 0 Å². The summed E-state index contributed by atoms with van der Waals surface area (Å²) >= 11 is 16.5. The molecule has 0 unspecified atom stereocenters. The van der Waals surface area contributed by atoms with Crippen molar-refractivity contribution in [1.82, 2.24) is 10.2 Å². The minimum Gasteiger partial charge on any atom is -0.493 e. The first-order valence-corrected chi connectivity index (χ1v) is 11.6. The number of aromatic nitrogens is 2. The van der Waals surface area contributed by atoms with Crippen LogP contribution in [0.4, 0.5) is 0 Å². The highest BCUT2D eigenvalue weighted by atomic mass is 79.9. The quantitative estimate of drug-likeness (QED) is 0.234. The molecule has 2 aromatic carbocycles. The lowest BCUT2D eigenvalue weighted by Crippen LogP contribution is -2.00. The molecule has 0 aliphatic heterocycles. The molecule has 0 radical (unpaired) electrons. The van der Waals surface area contributed by atoms with Crippen molar-refractivity contribution in [3.8, 4) is 11.5 Å². The fourth-order valence-corrected chi connectivity index (χ4v) is 4.28. The first kappa shape index (κ1) is 24.4. The molecule has 3 aromatic rings. The van der Waals surface area contributed by atoms with Crippen LogP contribution >= 0.6 is 50.9 Å². The summed E-state index contributed by atoms with van der Waals surface area (Å²) in [5.74, 6) is 0.171. The van der Waals surface area contributed by atoms with Gasteiger partial charge in [-0.15, -0.1) is 10.2 Å². The van der Waals surface area contributed by atoms with Crippen LogP contribution in [-0.2, 0) is 17.8 Å². The second kappa shape index (κ2) is 11.1. The van der Waals surface area contributed by atoms with Gasteiger partial charge < -0.3 is 19.0 Å². The van der Waals surface area contributed by atoms with E-state index in [0.29, 0.717) is 43.9 Å². The monoisotopic (exact) mass is 558 g/mol. The average molecular weight is 560 g/mol. The van der Waals surface area contributed by atoms with Crippen molar-refractivity contribution in [2.24, 2.45) is 0 Å². The number of aryl methyl sites for hydroxylation is 1. The Labute approximate surface area is 206 Å². The Morgan fingerprint density at radius 1 is 1.28 bits per heavy atom. The molecule has 0 bridgehead atoms. The summed E-state index contributed by atoms with van der Waals surface area (Å²) in [4.78, 5) is 11.7. The van der Waals surface area contributed by atoms with E-state index in [-0.39, 0.29) is 16.7 Å². The van der Waals surface area contributed by atoms with Crippen molar-refractivity contribution in [3.63, 3.8) is 0 Å². The molecule has 3 rings (SSSR count). The van der Waals surface area contributed by atoms with E-state index < -0.39 is 5.97 Å². The zero-order valence-electron chi connectivity index (χ0n) is 16.9. The number of halogens is 3. The molecule has 0 atom stereocenters. The number of carboxylic acids is 1. The van der Waals surface area contributed by atoms with Gasteiger partial charge in [0.25, 0.3) is 5.22 Å². The number of nitrogens with zero attached hydrogens (tertiary/aromatic N) is 2. The van der Waals surface area contributed by atoms with Gasteiger partial charge in [0.1, 0.15) is 11.5 Å². The van der Waals surface area contributed by atoms with Gasteiger partial charge in [-0.3, -0.25) is 0 Å². The summed E-state index contributed by atoms with van der Waals surface area (Å²) in [7, 11) is 1.50. The predicted octanol–water partition coefficient (Wildman–Crippen LogP) is 6.51. The summed E-state index contributed by atoms with van der Waals surface area (Å²) in [5, 5.41) is 18.5. The van der Waals surface area contributed by atoms with E-state index in [0.717, 1.165) is 17.3 Å². The summed E-state index contributed by atoms with van der Waals surface area (Å²) in [6.45, 7) is 2.05. The molecule has 0 amide bonds. The second-order valence-electron chi connectivity index (χ2n) is 6.29. The molecule has 0 saturated carbocycles. The molecule has 0 spiro atoms. The van der Waals surface area contributed by atoms with Crippen LogP contribution in [0.3, 0.4) is 0 Å². The van der Waals surface area contributed by atoms with Crippen LogP contribution in [0.2, 0.25) is 10.0 Å². The lowest BCUT2D eigenvalue weighted by Gasteiger charge is -2.14. The largest absolute Gasteiger partial charge is 0.493 e. The molecule has 1 heterocycles. The van der Waals surface area contributed by atoms with Crippen LogP contribution < -0.4 is 9.47 Å². The number of hydrogen-bond acceptors (Lipinski definition) is 7. The van der Waals surface area contributed by atoms with Gasteiger partial charge in [-0.1, -0.05) is 36.2 Å². The number of carbonyl (C=O) groups is 1. The zero-order chi connectivity index (χ0) is 23.3. The van der Waals surface area contributed by atoms with E-state index in [2.05, 4.69) is 26.1 Å². The summed E-state index contributed by atoms with van der Waals surface area (Å²) < 4.78 is 17.3. The molecule has 32 heavy (non-hydrogen) atoms. The first-order chi connectivity index (χ1) is 15.3. The van der Waals surface area contributed by atoms with Crippen molar-refractivity contribution in [3.05, 3.63) is 66.8 Å². The van der Waals surface area contributed by atoms with Crippen molar-refractivity contribution in [2.75, 3.05) is 7.11 Å². The number of ether oxygens (including phenoxy) is 2. The predicted molar refractivity (Wildman–Crippen MR) is 127 cm³/mol. The maximum absolute atomic E-state index is 11.7. The van der Waals surface area contributed by atoms with Crippen LogP contribution in [0.25, 0.3) is 6.08 Å². The molecule has 0 fully saturated rings. The molecule has 0 aliphatic carbocycles. The fraction of sp³-hybridized carbons (Fsp3) is 0.190. The van der Waals surface area contributed by atoms with E-state index in [1.807, 2.05) is 6.92 Å². The van der Waals surface area contributed by atoms with Crippen LogP contribution in [0.5, 0.6) is 11.5 Å². The molecule has 168 valence electrons. The number of aliphatic carboxylic acids is 1. The topological polar surface area (TPSA) is 94.7 Å². The SMILES string of the molecule is CCc1nnc(S/C(=C\c2cc(Br)c(OCc3ccc(Cl)cc3Cl)c(OC)c2)C(=O)O)o1. The molecule has 7 nitrogen and oxygen atoms in total. The molecule has 11 heteroatoms. The molecular formula is C21H17BrCl2N2O5S. The highest BCUT2D eigenvalue weighted by molar-refractivity contribution is 9.10. The van der Waals surface area contributed by atoms with Gasteiger partial charge in [-0.2, -0.15) is 0 Å². The Hall–Kier alpha value is -2.20. The molecule has 1 N–H and O–H groups in total. The Morgan fingerprint density at radius 2 is 2.06 bits per heavy atom. The minimum absolute atomic E-state index is 0.00636. The summed E-state index contributed by atoms with van der Waals surface area (Å²) in [6.07, 6.45) is 2.04. The van der Waals surface area contributed by atoms with Gasteiger partial charge in [-0.25, -0.2) is 4.79 Å². The standard InChI is InChI=1S/C21H17BrCl2N2O5S/c1-3-18-25-26-21(31-18)32-17(20(27)28)8-11-6-14(22)19(16(7-11)29-2)30-10-12-4-5-13(23)9-15(12)24/h4-9H,3,10H2,1-2H3,(H,27,28)/b17-8-. The fourth-order valence-electron chi connectivity index (χ4n) is 2.55. The van der Waals surface area contributed by atoms with Crippen molar-refractivity contribution < 1.29 is 23.8 Å². The molecule has 0 saturated heterocycles. The van der Waals surface area contributed by atoms with E-state index in [1.54, 1.807) is 30.3 Å². The van der Waals surface area contributed by atoms with E-state index in [4.69, 9.17) is 37.1 Å². The van der Waals surface area contributed by atoms with Gasteiger partial charge in [0, 0.05) is 22.0 Å². The van der Waals surface area contributed by atoms with Crippen LogP contribution in [0.15, 0.2) is 49.3 Å². The van der Waals surface area contributed by atoms with Gasteiger partial charge in [0.05, 0.1) is 11.6 Å². The highest BCUT2D eigenvalue weighted by Crippen LogP contribution is 2.39. The lowest BCUT2D eigenvalue weighted by atomic mass is 10.2. The minimum atomic E-state index is -1.13. The summed E-state index contributed by atoms with van der Waals surface area (Å²) in [5.41, 5.74) is 1.33. The van der Waals surface area contributed by atoms with Crippen LogP contribution in [0.1, 0.15) is 23.9 Å². The third-order valence-corrected chi connectivity index (χ3v) is 6.12. The Balaban J connectivity index is 1.85. The first-order valence-electron chi connectivity index (χ1n) is 9.20. The number of benzene rings is 2. The molecular weight excluding hydrogens is 543 g/mol. The van der Waals surface area contributed by atoms with Gasteiger partial charge in [-0.05, 0) is 63.6 Å². The second-order valence-corrected chi connectivity index (χ2v) is 8.98. The van der Waals surface area contributed by atoms with E-state index >= 15 is 0 Å². The Morgan fingerprint density at radius 3 is 2.69 bits per heavy atom. The maximum Gasteiger partial charge on any atom is 0.342 e. The van der Waals surface area contributed by atoms with Gasteiger partial charge in [0.15, 0.2) is 11.5 Å². The highest BCUT2D eigenvalue weighted by Gasteiger charge is 2.17. The van der Waals surface area contributed by atoms with E-state index in [9.17, 15) is 9.90 Å². The van der Waals surface area contributed by atoms with Crippen molar-refractivity contribution in [1.29, 1.82) is 0 Å². The summed E-state index contributed by atoms with van der Waals surface area (Å²) in [6, 6.07) is 8.53. The van der Waals surface area contributed by atoms with E-state index in [1.165, 1.54) is 13.2 Å². The van der Waals surface area contributed by atoms with Crippen LogP contribution in [-0.4, -0.2) is 28.4 Å². The van der Waals surface area contributed by atoms with Crippen molar-refractivity contribution >= 4 is 62.9 Å². The van der Waals surface area contributed by atoms with Gasteiger partial charge >= 0.3 is 5.97 Å². The van der Waals surface area contributed by atoms with Crippen molar-refractivity contribution in [2.45, 2.75) is 25.2 Å². The lowest BCUT2D eigenvalue weighted by molar-refractivity contribution is -0.131.